The van der Waals surface area contributed by atoms with Crippen LogP contribution in [0.1, 0.15) is 37.4 Å². The van der Waals surface area contributed by atoms with Crippen molar-refractivity contribution < 1.29 is 5.11 Å². The Morgan fingerprint density at radius 3 is 3.07 bits per heavy atom. The summed E-state index contributed by atoms with van der Waals surface area (Å²) in [5, 5.41) is 12.0. The van der Waals surface area contributed by atoms with Crippen molar-refractivity contribution in [2.45, 2.75) is 38.3 Å². The van der Waals surface area contributed by atoms with Crippen LogP contribution in [-0.2, 0) is 6.54 Å². The van der Waals surface area contributed by atoms with E-state index in [1.54, 1.807) is 0 Å². The number of rotatable bonds is 7. The van der Waals surface area contributed by atoms with Gasteiger partial charge in [-0.05, 0) is 32.2 Å². The van der Waals surface area contributed by atoms with E-state index in [2.05, 4.69) is 14.9 Å². The van der Waals surface area contributed by atoms with Gasteiger partial charge < -0.3 is 15.0 Å². The molecule has 2 rings (SSSR count). The van der Waals surface area contributed by atoms with E-state index in [0.29, 0.717) is 12.6 Å². The molecule has 2 N–H and O–H groups in total. The standard InChI is InChI=1S/C11H19N3O/c15-6-2-1-5-12-7-11-8-13-9-14(11)10-3-4-10/h8-10,12,15H,1-7H2. The summed E-state index contributed by atoms with van der Waals surface area (Å²) in [7, 11) is 0. The summed E-state index contributed by atoms with van der Waals surface area (Å²) in [6.45, 7) is 2.15. The smallest absolute Gasteiger partial charge is 0.0951 e. The highest BCUT2D eigenvalue weighted by Gasteiger charge is 2.24. The Balaban J connectivity index is 1.70. The van der Waals surface area contributed by atoms with E-state index in [1.807, 2.05) is 12.5 Å². The number of nitrogens with one attached hydrogen (secondary N) is 1. The van der Waals surface area contributed by atoms with E-state index < -0.39 is 0 Å². The van der Waals surface area contributed by atoms with Crippen molar-refractivity contribution in [2.75, 3.05) is 13.2 Å². The zero-order valence-electron chi connectivity index (χ0n) is 9.02. The Labute approximate surface area is 90.3 Å². The van der Waals surface area contributed by atoms with Crippen LogP contribution in [0, 0.1) is 0 Å². The lowest BCUT2D eigenvalue weighted by atomic mass is 10.3. The van der Waals surface area contributed by atoms with Gasteiger partial charge in [0, 0.05) is 25.4 Å². The van der Waals surface area contributed by atoms with Gasteiger partial charge in [-0.15, -0.1) is 0 Å². The Morgan fingerprint density at radius 1 is 1.47 bits per heavy atom. The fourth-order valence-corrected chi connectivity index (χ4v) is 1.73. The average Bonchev–Trinajstić information content (AvgIpc) is 2.99. The van der Waals surface area contributed by atoms with Gasteiger partial charge in [-0.2, -0.15) is 0 Å². The zero-order valence-corrected chi connectivity index (χ0v) is 9.02. The first kappa shape index (κ1) is 10.6. The van der Waals surface area contributed by atoms with Crippen LogP contribution in [0.4, 0.5) is 0 Å². The number of imidazole rings is 1. The van der Waals surface area contributed by atoms with Crippen LogP contribution in [-0.4, -0.2) is 27.8 Å². The molecule has 1 aromatic heterocycles. The van der Waals surface area contributed by atoms with Crippen molar-refractivity contribution in [3.63, 3.8) is 0 Å². The van der Waals surface area contributed by atoms with Crippen molar-refractivity contribution in [1.29, 1.82) is 0 Å². The summed E-state index contributed by atoms with van der Waals surface area (Å²) in [6.07, 6.45) is 8.39. The molecule has 84 valence electrons. The third-order valence-electron chi connectivity index (χ3n) is 2.75. The van der Waals surface area contributed by atoms with Crippen LogP contribution in [0.25, 0.3) is 0 Å². The molecule has 4 nitrogen and oxygen atoms in total. The number of hydrogen-bond donors (Lipinski definition) is 2. The predicted molar refractivity (Wildman–Crippen MR) is 58.5 cm³/mol. The molecule has 1 heterocycles. The summed E-state index contributed by atoms with van der Waals surface area (Å²) in [4.78, 5) is 4.18. The van der Waals surface area contributed by atoms with E-state index in [1.165, 1.54) is 18.5 Å². The number of unbranched alkanes of at least 4 members (excludes halogenated alkanes) is 1. The number of aromatic nitrogens is 2. The zero-order chi connectivity index (χ0) is 10.5. The van der Waals surface area contributed by atoms with Gasteiger partial charge in [0.15, 0.2) is 0 Å². The molecule has 0 aliphatic heterocycles. The summed E-state index contributed by atoms with van der Waals surface area (Å²) < 4.78 is 2.28. The number of nitrogens with zero attached hydrogens (tertiary/aromatic N) is 2. The molecule has 0 bridgehead atoms. The maximum atomic E-state index is 8.63. The maximum absolute atomic E-state index is 8.63. The van der Waals surface area contributed by atoms with Gasteiger partial charge in [-0.1, -0.05) is 0 Å². The number of aliphatic hydroxyl groups excluding tert-OH is 1. The molecule has 0 radical (unpaired) electrons. The van der Waals surface area contributed by atoms with Gasteiger partial charge in [0.1, 0.15) is 0 Å². The van der Waals surface area contributed by atoms with E-state index in [9.17, 15) is 0 Å². The number of aliphatic hydroxyl groups is 1. The lowest BCUT2D eigenvalue weighted by molar-refractivity contribution is 0.283. The Bertz CT molecular complexity index is 294. The third-order valence-corrected chi connectivity index (χ3v) is 2.75. The second-order valence-corrected chi connectivity index (χ2v) is 4.13. The predicted octanol–water partition coefficient (Wildman–Crippen LogP) is 1.08. The SMILES string of the molecule is OCCCCNCc1cncn1C1CC1. The van der Waals surface area contributed by atoms with Crippen molar-refractivity contribution in [3.8, 4) is 0 Å². The molecule has 15 heavy (non-hydrogen) atoms. The molecule has 1 aliphatic rings. The van der Waals surface area contributed by atoms with Crippen LogP contribution in [0.15, 0.2) is 12.5 Å². The van der Waals surface area contributed by atoms with Crippen LogP contribution >= 0.6 is 0 Å². The highest BCUT2D eigenvalue weighted by Crippen LogP contribution is 2.35. The largest absolute Gasteiger partial charge is 0.396 e. The van der Waals surface area contributed by atoms with E-state index >= 15 is 0 Å². The van der Waals surface area contributed by atoms with Crippen molar-refractivity contribution in [2.24, 2.45) is 0 Å². The first-order valence-electron chi connectivity index (χ1n) is 5.74. The summed E-state index contributed by atoms with van der Waals surface area (Å²) in [5.74, 6) is 0. The molecule has 4 heteroatoms. The first-order valence-corrected chi connectivity index (χ1v) is 5.74. The van der Waals surface area contributed by atoms with Gasteiger partial charge in [0.05, 0.1) is 12.0 Å². The normalized spacial score (nSPS) is 15.8. The first-order chi connectivity index (χ1) is 7.42. The average molecular weight is 209 g/mol. The van der Waals surface area contributed by atoms with Gasteiger partial charge in [0.25, 0.3) is 0 Å². The van der Waals surface area contributed by atoms with Crippen molar-refractivity contribution in [3.05, 3.63) is 18.2 Å². The molecule has 0 aromatic carbocycles. The quantitative estimate of drug-likeness (QED) is 0.661. The lowest BCUT2D eigenvalue weighted by Gasteiger charge is -2.07. The Morgan fingerprint density at radius 2 is 2.33 bits per heavy atom. The molecule has 1 aromatic rings. The van der Waals surface area contributed by atoms with Gasteiger partial charge in [-0.25, -0.2) is 4.98 Å². The fraction of sp³-hybridized carbons (Fsp3) is 0.727. The van der Waals surface area contributed by atoms with Gasteiger partial charge in [-0.3, -0.25) is 0 Å². The fourth-order valence-electron chi connectivity index (χ4n) is 1.73. The third kappa shape index (κ3) is 3.04. The molecule has 1 saturated carbocycles. The van der Waals surface area contributed by atoms with Crippen LogP contribution < -0.4 is 5.32 Å². The topological polar surface area (TPSA) is 50.1 Å². The molecule has 0 spiro atoms. The monoisotopic (exact) mass is 209 g/mol. The van der Waals surface area contributed by atoms with Crippen LogP contribution in [0.5, 0.6) is 0 Å². The molecule has 1 fully saturated rings. The number of hydrogen-bond acceptors (Lipinski definition) is 3. The Kier molecular flexibility index (Phi) is 3.75. The molecule has 1 aliphatic carbocycles. The summed E-state index contributed by atoms with van der Waals surface area (Å²) in [5.41, 5.74) is 1.28. The molecule has 0 atom stereocenters. The molecule has 0 saturated heterocycles. The van der Waals surface area contributed by atoms with E-state index in [0.717, 1.165) is 25.9 Å². The highest BCUT2D eigenvalue weighted by atomic mass is 16.2. The Hall–Kier alpha value is -0.870. The van der Waals surface area contributed by atoms with Crippen molar-refractivity contribution >= 4 is 0 Å². The van der Waals surface area contributed by atoms with Gasteiger partial charge in [0.2, 0.25) is 0 Å². The maximum Gasteiger partial charge on any atom is 0.0951 e. The van der Waals surface area contributed by atoms with Crippen LogP contribution in [0.2, 0.25) is 0 Å². The van der Waals surface area contributed by atoms with Gasteiger partial charge >= 0.3 is 0 Å². The minimum absolute atomic E-state index is 0.293. The highest BCUT2D eigenvalue weighted by molar-refractivity contribution is 5.03. The van der Waals surface area contributed by atoms with E-state index in [4.69, 9.17) is 5.11 Å². The molecular formula is C11H19N3O. The van der Waals surface area contributed by atoms with E-state index in [-0.39, 0.29) is 0 Å². The lowest BCUT2D eigenvalue weighted by Crippen LogP contribution is -2.17. The summed E-state index contributed by atoms with van der Waals surface area (Å²) >= 11 is 0. The minimum atomic E-state index is 0.293. The minimum Gasteiger partial charge on any atom is -0.396 e. The van der Waals surface area contributed by atoms with Crippen LogP contribution in [0.3, 0.4) is 0 Å². The second kappa shape index (κ2) is 5.28. The molecule has 0 unspecified atom stereocenters. The second-order valence-electron chi connectivity index (χ2n) is 4.13. The van der Waals surface area contributed by atoms with Crippen molar-refractivity contribution in [1.82, 2.24) is 14.9 Å². The molecular weight excluding hydrogens is 190 g/mol. The summed E-state index contributed by atoms with van der Waals surface area (Å²) in [6, 6.07) is 0.710. The molecule has 0 amide bonds.